The van der Waals surface area contributed by atoms with Crippen molar-refractivity contribution < 1.29 is 22.9 Å². The molecule has 0 saturated carbocycles. The van der Waals surface area contributed by atoms with Gasteiger partial charge < -0.3 is 18.7 Å². The SMILES string of the molecule is O=C(c1cc(-c2ccco2)on1)N1CCN(C(=O)c2ccccc2F)CC1. The van der Waals surface area contributed by atoms with E-state index < -0.39 is 5.82 Å². The second-order valence-corrected chi connectivity index (χ2v) is 6.12. The summed E-state index contributed by atoms with van der Waals surface area (Å²) in [6.45, 7) is 1.31. The van der Waals surface area contributed by atoms with Crippen LogP contribution in [-0.2, 0) is 0 Å². The molecule has 2 aromatic heterocycles. The summed E-state index contributed by atoms with van der Waals surface area (Å²) >= 11 is 0. The predicted molar refractivity (Wildman–Crippen MR) is 92.4 cm³/mol. The molecule has 1 aliphatic heterocycles. The quantitative estimate of drug-likeness (QED) is 0.709. The molecule has 0 spiro atoms. The first-order valence-electron chi connectivity index (χ1n) is 8.47. The van der Waals surface area contributed by atoms with E-state index in [9.17, 15) is 14.0 Å². The van der Waals surface area contributed by atoms with Crippen molar-refractivity contribution in [3.8, 4) is 11.5 Å². The van der Waals surface area contributed by atoms with Gasteiger partial charge in [-0.15, -0.1) is 0 Å². The maximum Gasteiger partial charge on any atom is 0.276 e. The van der Waals surface area contributed by atoms with E-state index in [1.54, 1.807) is 28.0 Å². The Morgan fingerprint density at radius 3 is 2.30 bits per heavy atom. The second-order valence-electron chi connectivity index (χ2n) is 6.12. The van der Waals surface area contributed by atoms with Crippen molar-refractivity contribution in [2.24, 2.45) is 0 Å². The average molecular weight is 369 g/mol. The number of halogens is 1. The number of benzene rings is 1. The molecule has 0 atom stereocenters. The van der Waals surface area contributed by atoms with Gasteiger partial charge in [0.15, 0.2) is 11.5 Å². The topological polar surface area (TPSA) is 79.8 Å². The first-order valence-corrected chi connectivity index (χ1v) is 8.47. The summed E-state index contributed by atoms with van der Waals surface area (Å²) < 4.78 is 24.2. The summed E-state index contributed by atoms with van der Waals surface area (Å²) in [5, 5.41) is 3.80. The standard InChI is InChI=1S/C19H16FN3O4/c20-14-5-2-1-4-13(14)18(24)22-7-9-23(10-8-22)19(25)15-12-17(27-21-15)16-6-3-11-26-16/h1-6,11-12H,7-10H2. The van der Waals surface area contributed by atoms with Crippen molar-refractivity contribution in [1.29, 1.82) is 0 Å². The second kappa shape index (κ2) is 7.06. The number of furan rings is 1. The fraction of sp³-hybridized carbons (Fsp3) is 0.211. The lowest BCUT2D eigenvalue weighted by Crippen LogP contribution is -2.50. The smallest absolute Gasteiger partial charge is 0.276 e. The van der Waals surface area contributed by atoms with Crippen molar-refractivity contribution in [3.05, 3.63) is 65.8 Å². The highest BCUT2D eigenvalue weighted by Gasteiger charge is 2.28. The molecule has 27 heavy (non-hydrogen) atoms. The van der Waals surface area contributed by atoms with E-state index in [2.05, 4.69) is 5.16 Å². The highest BCUT2D eigenvalue weighted by atomic mass is 19.1. The molecule has 4 rings (SSSR count). The van der Waals surface area contributed by atoms with E-state index in [1.807, 2.05) is 0 Å². The summed E-state index contributed by atoms with van der Waals surface area (Å²) in [5.41, 5.74) is 0.215. The number of hydrogen-bond donors (Lipinski definition) is 0. The Bertz CT molecular complexity index is 959. The van der Waals surface area contributed by atoms with Gasteiger partial charge >= 0.3 is 0 Å². The minimum absolute atomic E-state index is 0.0388. The van der Waals surface area contributed by atoms with E-state index in [-0.39, 0.29) is 23.1 Å². The van der Waals surface area contributed by atoms with Crippen LogP contribution in [0.3, 0.4) is 0 Å². The number of hydrogen-bond acceptors (Lipinski definition) is 5. The lowest BCUT2D eigenvalue weighted by molar-refractivity contribution is 0.0527. The lowest BCUT2D eigenvalue weighted by atomic mass is 10.1. The number of carbonyl (C=O) groups is 2. The molecule has 8 heteroatoms. The summed E-state index contributed by atoms with van der Waals surface area (Å²) in [7, 11) is 0. The molecule has 2 amide bonds. The van der Waals surface area contributed by atoms with Gasteiger partial charge in [0.05, 0.1) is 11.8 Å². The van der Waals surface area contributed by atoms with Gasteiger partial charge in [0, 0.05) is 32.2 Å². The molecular formula is C19H16FN3O4. The number of amides is 2. The molecule has 0 bridgehead atoms. The third-order valence-corrected chi connectivity index (χ3v) is 4.45. The van der Waals surface area contributed by atoms with E-state index in [4.69, 9.17) is 8.94 Å². The predicted octanol–water partition coefficient (Wildman–Crippen LogP) is 2.67. The van der Waals surface area contributed by atoms with Crippen molar-refractivity contribution >= 4 is 11.8 Å². The zero-order valence-electron chi connectivity index (χ0n) is 14.3. The molecule has 1 saturated heterocycles. The summed E-state index contributed by atoms with van der Waals surface area (Å²) in [5.74, 6) is -0.344. The molecule has 1 fully saturated rings. The minimum atomic E-state index is -0.547. The Balaban J connectivity index is 1.40. The Morgan fingerprint density at radius 1 is 0.926 bits per heavy atom. The third kappa shape index (κ3) is 3.33. The van der Waals surface area contributed by atoms with Gasteiger partial charge in [-0.3, -0.25) is 9.59 Å². The van der Waals surface area contributed by atoms with Crippen LogP contribution in [0, 0.1) is 5.82 Å². The number of rotatable bonds is 3. The molecule has 0 N–H and O–H groups in total. The van der Waals surface area contributed by atoms with Gasteiger partial charge in [-0.25, -0.2) is 4.39 Å². The lowest BCUT2D eigenvalue weighted by Gasteiger charge is -2.34. The minimum Gasteiger partial charge on any atom is -0.461 e. The Kier molecular flexibility index (Phi) is 4.45. The van der Waals surface area contributed by atoms with Gasteiger partial charge in [0.25, 0.3) is 11.8 Å². The van der Waals surface area contributed by atoms with E-state index in [0.29, 0.717) is 37.7 Å². The molecule has 0 aliphatic carbocycles. The molecule has 3 heterocycles. The molecule has 0 radical (unpaired) electrons. The van der Waals surface area contributed by atoms with Crippen LogP contribution in [0.1, 0.15) is 20.8 Å². The fourth-order valence-electron chi connectivity index (χ4n) is 2.99. The van der Waals surface area contributed by atoms with Crippen LogP contribution >= 0.6 is 0 Å². The van der Waals surface area contributed by atoms with Crippen LogP contribution in [0.25, 0.3) is 11.5 Å². The first kappa shape index (κ1) is 17.0. The van der Waals surface area contributed by atoms with Gasteiger partial charge in [-0.1, -0.05) is 17.3 Å². The number of piperazine rings is 1. The van der Waals surface area contributed by atoms with Crippen molar-refractivity contribution in [2.75, 3.05) is 26.2 Å². The summed E-state index contributed by atoms with van der Waals surface area (Å²) in [6, 6.07) is 10.8. The summed E-state index contributed by atoms with van der Waals surface area (Å²) in [4.78, 5) is 28.2. The Labute approximate surface area is 153 Å². The average Bonchev–Trinajstić information content (AvgIpc) is 3.39. The maximum absolute atomic E-state index is 13.8. The Morgan fingerprint density at radius 2 is 1.63 bits per heavy atom. The zero-order chi connectivity index (χ0) is 18.8. The van der Waals surface area contributed by atoms with Gasteiger partial charge in [0.2, 0.25) is 5.76 Å². The summed E-state index contributed by atoms with van der Waals surface area (Å²) in [6.07, 6.45) is 1.51. The van der Waals surface area contributed by atoms with Crippen LogP contribution in [0.5, 0.6) is 0 Å². The number of carbonyl (C=O) groups excluding carboxylic acids is 2. The highest BCUT2D eigenvalue weighted by molar-refractivity contribution is 5.95. The van der Waals surface area contributed by atoms with Gasteiger partial charge in [0.1, 0.15) is 5.82 Å². The highest BCUT2D eigenvalue weighted by Crippen LogP contribution is 2.21. The molecule has 1 aromatic carbocycles. The monoisotopic (exact) mass is 369 g/mol. The van der Waals surface area contributed by atoms with Gasteiger partial charge in [-0.05, 0) is 24.3 Å². The van der Waals surface area contributed by atoms with Crippen LogP contribution in [0.2, 0.25) is 0 Å². The maximum atomic E-state index is 13.8. The molecule has 3 aromatic rings. The van der Waals surface area contributed by atoms with Crippen LogP contribution in [0.15, 0.2) is 57.7 Å². The largest absolute Gasteiger partial charge is 0.461 e. The van der Waals surface area contributed by atoms with E-state index in [0.717, 1.165) is 0 Å². The third-order valence-electron chi connectivity index (χ3n) is 4.45. The molecule has 0 unspecified atom stereocenters. The Hall–Kier alpha value is -3.42. The molecular weight excluding hydrogens is 353 g/mol. The zero-order valence-corrected chi connectivity index (χ0v) is 14.3. The van der Waals surface area contributed by atoms with Crippen LogP contribution in [-0.4, -0.2) is 52.9 Å². The van der Waals surface area contributed by atoms with E-state index >= 15 is 0 Å². The molecule has 138 valence electrons. The van der Waals surface area contributed by atoms with Crippen LogP contribution < -0.4 is 0 Å². The van der Waals surface area contributed by atoms with Crippen LogP contribution in [0.4, 0.5) is 4.39 Å². The molecule has 7 nitrogen and oxygen atoms in total. The number of nitrogens with zero attached hydrogens (tertiary/aromatic N) is 3. The molecule has 1 aliphatic rings. The van der Waals surface area contributed by atoms with Crippen molar-refractivity contribution in [2.45, 2.75) is 0 Å². The van der Waals surface area contributed by atoms with Crippen molar-refractivity contribution in [3.63, 3.8) is 0 Å². The number of aromatic nitrogens is 1. The first-order chi connectivity index (χ1) is 13.1. The van der Waals surface area contributed by atoms with Crippen molar-refractivity contribution in [1.82, 2.24) is 15.0 Å². The normalized spacial score (nSPS) is 14.4. The van der Waals surface area contributed by atoms with Gasteiger partial charge in [-0.2, -0.15) is 0 Å². The fourth-order valence-corrected chi connectivity index (χ4v) is 2.99. The van der Waals surface area contributed by atoms with E-state index in [1.165, 1.54) is 30.5 Å².